The molecule has 12 heavy (non-hydrogen) atoms. The van der Waals surface area contributed by atoms with E-state index in [1.54, 1.807) is 6.20 Å². The summed E-state index contributed by atoms with van der Waals surface area (Å²) in [5, 5.41) is 0. The first-order chi connectivity index (χ1) is 5.63. The van der Waals surface area contributed by atoms with Gasteiger partial charge in [-0.25, -0.2) is 0 Å². The Kier molecular flexibility index (Phi) is 4.34. The molecule has 0 saturated heterocycles. The maximum atomic E-state index is 10.9. The molecule has 0 fully saturated rings. The van der Waals surface area contributed by atoms with Gasteiger partial charge in [-0.1, -0.05) is 13.8 Å². The average molecular weight is 167 g/mol. The van der Waals surface area contributed by atoms with Crippen molar-refractivity contribution in [1.82, 2.24) is 4.98 Å². The molecule has 0 unspecified atom stereocenters. The lowest BCUT2D eigenvalue weighted by Crippen LogP contribution is -2.10. The zero-order valence-corrected chi connectivity index (χ0v) is 8.49. The Morgan fingerprint density at radius 1 is 1.08 bits per heavy atom. The summed E-state index contributed by atoms with van der Waals surface area (Å²) in [5.74, 6) is 0. The molecular weight excluding hydrogens is 150 g/mol. The molecule has 0 bridgehead atoms. The van der Waals surface area contributed by atoms with Crippen LogP contribution >= 0.6 is 0 Å². The van der Waals surface area contributed by atoms with Gasteiger partial charge in [0.05, 0.1) is 0 Å². The topological polar surface area (TPSA) is 32.9 Å². The van der Waals surface area contributed by atoms with Crippen LogP contribution in [-0.2, 0) is 0 Å². The maximum absolute atomic E-state index is 10.9. The highest BCUT2D eigenvalue weighted by molar-refractivity contribution is 5.27. The highest BCUT2D eigenvalue weighted by Gasteiger charge is 1.98. The summed E-state index contributed by atoms with van der Waals surface area (Å²) in [6, 6.07) is 0. The third kappa shape index (κ3) is 2.22. The highest BCUT2D eigenvalue weighted by atomic mass is 16.1. The summed E-state index contributed by atoms with van der Waals surface area (Å²) in [6.45, 7) is 9.78. The van der Waals surface area contributed by atoms with Crippen molar-refractivity contribution >= 4 is 0 Å². The molecule has 0 aromatic carbocycles. The summed E-state index contributed by atoms with van der Waals surface area (Å²) in [6.07, 6.45) is 1.74. The molecule has 0 aliphatic heterocycles. The molecule has 1 N–H and O–H groups in total. The Balaban J connectivity index is 0.000000561. The Morgan fingerprint density at radius 3 is 2.00 bits per heavy atom. The smallest absolute Gasteiger partial charge is 0.251 e. The predicted octanol–water partition coefficient (Wildman–Crippen LogP) is 2.33. The summed E-state index contributed by atoms with van der Waals surface area (Å²) in [5.41, 5.74) is 3.06. The van der Waals surface area contributed by atoms with Gasteiger partial charge >= 0.3 is 0 Å². The summed E-state index contributed by atoms with van der Waals surface area (Å²) >= 11 is 0. The van der Waals surface area contributed by atoms with E-state index in [1.165, 1.54) is 0 Å². The zero-order chi connectivity index (χ0) is 9.72. The Bertz CT molecular complexity index is 299. The maximum Gasteiger partial charge on any atom is 0.251 e. The molecule has 0 atom stereocenters. The minimum atomic E-state index is 0.0168. The number of rotatable bonds is 0. The predicted molar refractivity (Wildman–Crippen MR) is 52.6 cm³/mol. The molecule has 0 radical (unpaired) electrons. The fourth-order valence-electron chi connectivity index (χ4n) is 0.856. The molecule has 0 amide bonds. The van der Waals surface area contributed by atoms with Gasteiger partial charge in [0, 0.05) is 11.8 Å². The van der Waals surface area contributed by atoms with Crippen molar-refractivity contribution < 1.29 is 0 Å². The fraction of sp³-hybridized carbons (Fsp3) is 0.500. The van der Waals surface area contributed by atoms with Crippen LogP contribution < -0.4 is 5.56 Å². The molecule has 0 saturated carbocycles. The Hall–Kier alpha value is -1.05. The lowest BCUT2D eigenvalue weighted by atomic mass is 10.1. The number of aryl methyl sites for hydroxylation is 1. The molecule has 0 spiro atoms. The van der Waals surface area contributed by atoms with Crippen LogP contribution in [0.4, 0.5) is 0 Å². The molecule has 0 aliphatic carbocycles. The van der Waals surface area contributed by atoms with Crippen molar-refractivity contribution in [1.29, 1.82) is 0 Å². The first-order valence-corrected chi connectivity index (χ1v) is 4.28. The van der Waals surface area contributed by atoms with Crippen LogP contribution in [0, 0.1) is 20.8 Å². The lowest BCUT2D eigenvalue weighted by molar-refractivity contribution is 1.11. The van der Waals surface area contributed by atoms with E-state index in [0.29, 0.717) is 0 Å². The van der Waals surface area contributed by atoms with Gasteiger partial charge < -0.3 is 4.98 Å². The number of pyridine rings is 1. The minimum Gasteiger partial charge on any atom is -0.329 e. The molecule has 1 rings (SSSR count). The third-order valence-electron chi connectivity index (χ3n) is 1.91. The molecule has 2 heteroatoms. The van der Waals surface area contributed by atoms with E-state index in [4.69, 9.17) is 0 Å². The van der Waals surface area contributed by atoms with Crippen molar-refractivity contribution in [2.24, 2.45) is 0 Å². The van der Waals surface area contributed by atoms with Gasteiger partial charge in [0.2, 0.25) is 0 Å². The van der Waals surface area contributed by atoms with Crippen molar-refractivity contribution in [2.75, 3.05) is 0 Å². The van der Waals surface area contributed by atoms with Crippen LogP contribution in [0.15, 0.2) is 11.0 Å². The number of H-pyrrole nitrogens is 1. The molecular formula is C10H17NO. The van der Waals surface area contributed by atoms with Gasteiger partial charge in [-0.15, -0.1) is 0 Å². The number of aromatic amines is 1. The second-order valence-corrected chi connectivity index (χ2v) is 2.55. The van der Waals surface area contributed by atoms with E-state index in [-0.39, 0.29) is 5.56 Å². The number of nitrogens with one attached hydrogen (secondary N) is 1. The summed E-state index contributed by atoms with van der Waals surface area (Å²) in [4.78, 5) is 13.6. The van der Waals surface area contributed by atoms with E-state index in [1.807, 2.05) is 34.6 Å². The molecule has 0 aliphatic rings. The van der Waals surface area contributed by atoms with Crippen molar-refractivity contribution in [3.8, 4) is 0 Å². The zero-order valence-electron chi connectivity index (χ0n) is 8.49. The van der Waals surface area contributed by atoms with Gasteiger partial charge in [-0.2, -0.15) is 0 Å². The van der Waals surface area contributed by atoms with Crippen LogP contribution in [0.3, 0.4) is 0 Å². The second-order valence-electron chi connectivity index (χ2n) is 2.55. The Labute approximate surface area is 73.6 Å². The third-order valence-corrected chi connectivity index (χ3v) is 1.91. The quantitative estimate of drug-likeness (QED) is 0.632. The largest absolute Gasteiger partial charge is 0.329 e. The summed E-state index contributed by atoms with van der Waals surface area (Å²) < 4.78 is 0. The first-order valence-electron chi connectivity index (χ1n) is 4.28. The van der Waals surface area contributed by atoms with Crippen LogP contribution in [0.5, 0.6) is 0 Å². The summed E-state index contributed by atoms with van der Waals surface area (Å²) in [7, 11) is 0. The van der Waals surface area contributed by atoms with Gasteiger partial charge in [-0.05, 0) is 31.9 Å². The van der Waals surface area contributed by atoms with E-state index in [0.717, 1.165) is 16.7 Å². The van der Waals surface area contributed by atoms with Crippen molar-refractivity contribution in [3.63, 3.8) is 0 Å². The number of aromatic nitrogens is 1. The normalized spacial score (nSPS) is 8.75. The van der Waals surface area contributed by atoms with Crippen LogP contribution in [-0.4, -0.2) is 4.98 Å². The van der Waals surface area contributed by atoms with E-state index in [9.17, 15) is 4.79 Å². The van der Waals surface area contributed by atoms with Gasteiger partial charge in [0.25, 0.3) is 5.56 Å². The SMILES string of the molecule is CC.Cc1c[nH]c(=O)c(C)c1C. The molecule has 1 aromatic heterocycles. The van der Waals surface area contributed by atoms with Crippen LogP contribution in [0.2, 0.25) is 0 Å². The molecule has 2 nitrogen and oxygen atoms in total. The van der Waals surface area contributed by atoms with Crippen LogP contribution in [0.25, 0.3) is 0 Å². The number of hydrogen-bond acceptors (Lipinski definition) is 1. The van der Waals surface area contributed by atoms with Crippen LogP contribution in [0.1, 0.15) is 30.5 Å². The first kappa shape index (κ1) is 11.0. The Morgan fingerprint density at radius 2 is 1.58 bits per heavy atom. The molecule has 68 valence electrons. The average Bonchev–Trinajstić information content (AvgIpc) is 2.12. The monoisotopic (exact) mass is 167 g/mol. The lowest BCUT2D eigenvalue weighted by Gasteiger charge is -2.00. The molecule has 1 heterocycles. The molecule has 1 aromatic rings. The van der Waals surface area contributed by atoms with Gasteiger partial charge in [-0.3, -0.25) is 4.79 Å². The van der Waals surface area contributed by atoms with E-state index < -0.39 is 0 Å². The van der Waals surface area contributed by atoms with Crippen molar-refractivity contribution in [3.05, 3.63) is 33.2 Å². The highest BCUT2D eigenvalue weighted by Crippen LogP contribution is 2.04. The fourth-order valence-corrected chi connectivity index (χ4v) is 0.856. The minimum absolute atomic E-state index is 0.0168. The van der Waals surface area contributed by atoms with E-state index in [2.05, 4.69) is 4.98 Å². The second kappa shape index (κ2) is 4.75. The van der Waals surface area contributed by atoms with E-state index >= 15 is 0 Å². The van der Waals surface area contributed by atoms with Crippen molar-refractivity contribution in [2.45, 2.75) is 34.6 Å². The number of hydrogen-bond donors (Lipinski definition) is 1. The standard InChI is InChI=1S/C8H11NO.C2H6/c1-5-4-9-8(10)7(3)6(5)2;1-2/h4H,1-3H3,(H,9,10);1-2H3. The van der Waals surface area contributed by atoms with Gasteiger partial charge in [0.15, 0.2) is 0 Å². The van der Waals surface area contributed by atoms with Gasteiger partial charge in [0.1, 0.15) is 0 Å².